The highest BCUT2D eigenvalue weighted by molar-refractivity contribution is 9.10. The van der Waals surface area contributed by atoms with Crippen molar-refractivity contribution >= 4 is 51.1 Å². The van der Waals surface area contributed by atoms with Gasteiger partial charge in [0, 0.05) is 4.47 Å². The van der Waals surface area contributed by atoms with Gasteiger partial charge in [-0.2, -0.15) is 5.10 Å². The fourth-order valence-electron chi connectivity index (χ4n) is 3.31. The van der Waals surface area contributed by atoms with Gasteiger partial charge in [-0.3, -0.25) is 9.69 Å². The number of carbonyl (C=O) groups excluding carboxylic acids is 1. The fraction of sp³-hybridized carbons (Fsp3) is 0.222. The minimum atomic E-state index is -0.154. The number of methoxy groups -OCH3 is 1. The van der Waals surface area contributed by atoms with E-state index in [9.17, 15) is 4.79 Å². The summed E-state index contributed by atoms with van der Waals surface area (Å²) < 4.78 is 17.7. The first-order valence-corrected chi connectivity index (χ1v) is 12.9. The monoisotopic (exact) mass is 567 g/mol. The second-order valence-electron chi connectivity index (χ2n) is 8.38. The molecule has 0 saturated carbocycles. The van der Waals surface area contributed by atoms with Crippen molar-refractivity contribution in [2.75, 3.05) is 13.7 Å². The molecule has 1 aromatic heterocycles. The molecule has 0 radical (unpaired) electrons. The molecule has 4 rings (SSSR count). The molecule has 0 aliphatic carbocycles. The molecule has 1 aliphatic heterocycles. The van der Waals surface area contributed by atoms with Crippen LogP contribution in [0.4, 0.5) is 0 Å². The van der Waals surface area contributed by atoms with Crippen molar-refractivity contribution in [2.45, 2.75) is 20.4 Å². The average Bonchev–Trinajstić information content (AvgIpc) is 3.47. The van der Waals surface area contributed by atoms with Crippen LogP contribution < -0.4 is 9.47 Å². The second-order valence-corrected chi connectivity index (χ2v) is 10.3. The van der Waals surface area contributed by atoms with Gasteiger partial charge >= 0.3 is 0 Å². The summed E-state index contributed by atoms with van der Waals surface area (Å²) in [5.41, 5.74) is 1.71. The molecular weight excluding hydrogens is 542 g/mol. The Hall–Kier alpha value is -3.30. The number of hydrogen-bond donors (Lipinski definition) is 0. The highest BCUT2D eigenvalue weighted by Crippen LogP contribution is 2.34. The van der Waals surface area contributed by atoms with Gasteiger partial charge in [0.05, 0.1) is 37.6 Å². The highest BCUT2D eigenvalue weighted by atomic mass is 79.9. The number of rotatable bonds is 9. The van der Waals surface area contributed by atoms with Gasteiger partial charge in [-0.25, -0.2) is 0 Å². The molecule has 36 heavy (non-hydrogen) atoms. The normalized spacial score (nSPS) is 16.1. The summed E-state index contributed by atoms with van der Waals surface area (Å²) in [6, 6.07) is 16.9. The fourth-order valence-corrected chi connectivity index (χ4v) is 4.67. The predicted molar refractivity (Wildman–Crippen MR) is 147 cm³/mol. The number of amides is 1. The molecule has 3 aromatic rings. The van der Waals surface area contributed by atoms with Crippen molar-refractivity contribution in [3.8, 4) is 11.5 Å². The van der Waals surface area contributed by atoms with Gasteiger partial charge < -0.3 is 13.9 Å². The molecule has 0 atom stereocenters. The van der Waals surface area contributed by atoms with E-state index in [-0.39, 0.29) is 12.5 Å². The average molecular weight is 568 g/mol. The van der Waals surface area contributed by atoms with Gasteiger partial charge in [0.15, 0.2) is 16.7 Å². The number of halogens is 1. The van der Waals surface area contributed by atoms with Gasteiger partial charge in [-0.1, -0.05) is 41.9 Å². The van der Waals surface area contributed by atoms with Crippen LogP contribution in [0.25, 0.3) is 6.08 Å². The molecule has 0 N–H and O–H groups in total. The lowest BCUT2D eigenvalue weighted by atomic mass is 10.2. The summed E-state index contributed by atoms with van der Waals surface area (Å²) >= 11 is 4.75. The van der Waals surface area contributed by atoms with Crippen molar-refractivity contribution in [1.29, 1.82) is 0 Å². The van der Waals surface area contributed by atoms with Gasteiger partial charge in [-0.05, 0) is 77.3 Å². The minimum Gasteiger partial charge on any atom is -0.493 e. The van der Waals surface area contributed by atoms with Gasteiger partial charge in [-0.15, -0.1) is 5.10 Å². The number of ether oxygens (including phenoxy) is 2. The van der Waals surface area contributed by atoms with Crippen LogP contribution in [0, 0.1) is 5.92 Å². The van der Waals surface area contributed by atoms with Crippen molar-refractivity contribution in [2.24, 2.45) is 16.1 Å². The molecule has 0 bridgehead atoms. The van der Waals surface area contributed by atoms with Crippen LogP contribution in [0.1, 0.15) is 30.7 Å². The second kappa shape index (κ2) is 12.1. The van der Waals surface area contributed by atoms with Crippen LogP contribution in [0.15, 0.2) is 84.9 Å². The zero-order chi connectivity index (χ0) is 25.5. The Morgan fingerprint density at radius 3 is 2.69 bits per heavy atom. The summed E-state index contributed by atoms with van der Waals surface area (Å²) in [7, 11) is 1.60. The number of furan rings is 1. The highest BCUT2D eigenvalue weighted by Gasteiger charge is 2.34. The van der Waals surface area contributed by atoms with Gasteiger partial charge in [0.1, 0.15) is 5.76 Å². The lowest BCUT2D eigenvalue weighted by Gasteiger charge is -2.13. The van der Waals surface area contributed by atoms with Crippen molar-refractivity contribution < 1.29 is 18.7 Å². The zero-order valence-corrected chi connectivity index (χ0v) is 22.6. The number of amidine groups is 1. The molecular formula is C27H26BrN3O4S. The van der Waals surface area contributed by atoms with Gasteiger partial charge in [0.2, 0.25) is 0 Å². The Morgan fingerprint density at radius 2 is 1.97 bits per heavy atom. The lowest BCUT2D eigenvalue weighted by Crippen LogP contribution is -2.28. The van der Waals surface area contributed by atoms with Crippen LogP contribution in [-0.2, 0) is 11.3 Å². The number of benzene rings is 2. The van der Waals surface area contributed by atoms with E-state index < -0.39 is 0 Å². The quantitative estimate of drug-likeness (QED) is 0.165. The molecule has 2 aromatic carbocycles. The van der Waals surface area contributed by atoms with Crippen molar-refractivity contribution in [1.82, 2.24) is 4.90 Å². The number of nitrogens with zero attached hydrogens (tertiary/aromatic N) is 3. The maximum Gasteiger partial charge on any atom is 0.267 e. The van der Waals surface area contributed by atoms with E-state index in [0.29, 0.717) is 39.9 Å². The van der Waals surface area contributed by atoms with Crippen molar-refractivity contribution in [3.63, 3.8) is 0 Å². The third kappa shape index (κ3) is 6.67. The summed E-state index contributed by atoms with van der Waals surface area (Å²) in [5, 5.41) is 9.10. The molecule has 1 fully saturated rings. The third-order valence-electron chi connectivity index (χ3n) is 5.04. The van der Waals surface area contributed by atoms with E-state index in [1.165, 1.54) is 11.8 Å². The van der Waals surface area contributed by atoms with E-state index in [2.05, 4.69) is 40.0 Å². The van der Waals surface area contributed by atoms with Crippen LogP contribution in [0.2, 0.25) is 0 Å². The number of thioether (sulfide) groups is 1. The Kier molecular flexibility index (Phi) is 8.66. The molecule has 186 valence electrons. The zero-order valence-electron chi connectivity index (χ0n) is 20.2. The first-order chi connectivity index (χ1) is 17.4. The maximum atomic E-state index is 13.2. The van der Waals surface area contributed by atoms with Crippen molar-refractivity contribution in [3.05, 3.63) is 87.1 Å². The first kappa shape index (κ1) is 25.8. The van der Waals surface area contributed by atoms with Crippen LogP contribution in [-0.4, -0.2) is 35.9 Å². The first-order valence-electron chi connectivity index (χ1n) is 11.3. The Balaban J connectivity index is 1.57. The largest absolute Gasteiger partial charge is 0.493 e. The van der Waals surface area contributed by atoms with Crippen LogP contribution in [0.3, 0.4) is 0 Å². The molecule has 1 aliphatic rings. The standard InChI is InChI=1S/C27H26BrN3O4S/c1-18(2)17-35-23-10-9-20(13-24(23)33-3)15-29-30-27-31(16-22-8-5-11-34-22)26(32)25(36-27)14-19-6-4-7-21(28)12-19/h4-15,18H,16-17H2,1-3H3/b25-14-,29-15-,30-27+. The van der Waals surface area contributed by atoms with E-state index in [0.717, 1.165) is 15.6 Å². The summed E-state index contributed by atoms with van der Waals surface area (Å²) in [6.07, 6.45) is 5.05. The molecule has 1 saturated heterocycles. The van der Waals surface area contributed by atoms with E-state index in [1.807, 2.05) is 54.6 Å². The maximum absolute atomic E-state index is 13.2. The summed E-state index contributed by atoms with van der Waals surface area (Å²) in [6.45, 7) is 5.04. The number of hydrogen-bond acceptors (Lipinski definition) is 7. The third-order valence-corrected chi connectivity index (χ3v) is 6.53. The molecule has 9 heteroatoms. The minimum absolute atomic E-state index is 0.154. The topological polar surface area (TPSA) is 76.6 Å². The predicted octanol–water partition coefficient (Wildman–Crippen LogP) is 6.59. The summed E-state index contributed by atoms with van der Waals surface area (Å²) in [4.78, 5) is 15.3. The smallest absolute Gasteiger partial charge is 0.267 e. The number of carbonyl (C=O) groups is 1. The van der Waals surface area contributed by atoms with Gasteiger partial charge in [0.25, 0.3) is 5.91 Å². The van der Waals surface area contributed by atoms with Crippen LogP contribution >= 0.6 is 27.7 Å². The molecule has 2 heterocycles. The SMILES string of the molecule is COc1cc(/C=N\N=C2\S/C(=C\c3cccc(Br)c3)C(=O)N2Cc2ccco2)ccc1OCC(C)C. The Morgan fingerprint density at radius 1 is 1.11 bits per heavy atom. The molecule has 7 nitrogen and oxygen atoms in total. The summed E-state index contributed by atoms with van der Waals surface area (Å²) in [5.74, 6) is 2.21. The molecule has 1 amide bonds. The lowest BCUT2D eigenvalue weighted by molar-refractivity contribution is -0.122. The van der Waals surface area contributed by atoms with Crippen LogP contribution in [0.5, 0.6) is 11.5 Å². The van der Waals surface area contributed by atoms with E-state index in [4.69, 9.17) is 13.9 Å². The molecule has 0 spiro atoms. The van der Waals surface area contributed by atoms with E-state index >= 15 is 0 Å². The van der Waals surface area contributed by atoms with E-state index in [1.54, 1.807) is 30.6 Å². The molecule has 0 unspecified atom stereocenters. The Labute approximate surface area is 223 Å². The Bertz CT molecular complexity index is 1300.